The highest BCUT2D eigenvalue weighted by molar-refractivity contribution is 14.0. The number of rotatable bonds is 5. The molecule has 1 aromatic carbocycles. The molecule has 0 heterocycles. The number of nitrogens with zero attached hydrogens (tertiary/aromatic N) is 1. The third-order valence-electron chi connectivity index (χ3n) is 2.55. The van der Waals surface area contributed by atoms with Crippen molar-refractivity contribution in [2.24, 2.45) is 10.9 Å². The molecule has 1 aromatic rings. The molecule has 2 N–H and O–H groups in total. The van der Waals surface area contributed by atoms with Gasteiger partial charge in [-0.2, -0.15) is 0 Å². The van der Waals surface area contributed by atoms with E-state index in [-0.39, 0.29) is 29.8 Å². The molecule has 0 aliphatic rings. The van der Waals surface area contributed by atoms with Crippen molar-refractivity contribution >= 4 is 29.9 Å². The molecular weight excluding hydrogens is 356 g/mol. The van der Waals surface area contributed by atoms with Gasteiger partial charge in [-0.15, -0.1) is 24.0 Å². The average Bonchev–Trinajstić information content (AvgIpc) is 2.35. The average molecular weight is 379 g/mol. The van der Waals surface area contributed by atoms with Crippen LogP contribution in [0.1, 0.15) is 19.4 Å². The predicted molar refractivity (Wildman–Crippen MR) is 89.7 cm³/mol. The lowest BCUT2D eigenvalue weighted by atomic mass is 10.1. The van der Waals surface area contributed by atoms with Crippen LogP contribution in [0, 0.1) is 11.7 Å². The number of hydrogen-bond donors (Lipinski definition) is 2. The Hall–Kier alpha value is -0.850. The number of nitrogens with one attached hydrogen (secondary N) is 2. The molecule has 0 fully saturated rings. The largest absolute Gasteiger partial charge is 0.356 e. The van der Waals surface area contributed by atoms with Crippen LogP contribution >= 0.6 is 24.0 Å². The molecule has 19 heavy (non-hydrogen) atoms. The summed E-state index contributed by atoms with van der Waals surface area (Å²) >= 11 is 0. The summed E-state index contributed by atoms with van der Waals surface area (Å²) in [5, 5.41) is 6.39. The van der Waals surface area contributed by atoms with Gasteiger partial charge in [0.2, 0.25) is 0 Å². The van der Waals surface area contributed by atoms with Crippen molar-refractivity contribution in [2.45, 2.75) is 20.3 Å². The van der Waals surface area contributed by atoms with Gasteiger partial charge in [-0.1, -0.05) is 32.0 Å². The second-order valence-corrected chi connectivity index (χ2v) is 4.62. The lowest BCUT2D eigenvalue weighted by molar-refractivity contribution is 0.602. The van der Waals surface area contributed by atoms with E-state index < -0.39 is 0 Å². The summed E-state index contributed by atoms with van der Waals surface area (Å²) < 4.78 is 13.4. The zero-order valence-corrected chi connectivity index (χ0v) is 14.1. The second kappa shape index (κ2) is 10.00. The maximum absolute atomic E-state index is 13.4. The third-order valence-corrected chi connectivity index (χ3v) is 2.55. The highest BCUT2D eigenvalue weighted by Crippen LogP contribution is 2.05. The molecule has 0 spiro atoms. The molecule has 0 aliphatic carbocycles. The molecule has 0 unspecified atom stereocenters. The Morgan fingerprint density at radius 1 is 1.26 bits per heavy atom. The Morgan fingerprint density at radius 3 is 2.53 bits per heavy atom. The minimum atomic E-state index is -0.149. The van der Waals surface area contributed by atoms with E-state index >= 15 is 0 Å². The lowest BCUT2D eigenvalue weighted by Gasteiger charge is -2.13. The van der Waals surface area contributed by atoms with Crippen molar-refractivity contribution in [3.63, 3.8) is 0 Å². The smallest absolute Gasteiger partial charge is 0.190 e. The van der Waals surface area contributed by atoms with Crippen LogP contribution < -0.4 is 10.6 Å². The quantitative estimate of drug-likeness (QED) is 0.469. The van der Waals surface area contributed by atoms with Crippen LogP contribution in [0.4, 0.5) is 4.39 Å². The molecule has 0 bridgehead atoms. The van der Waals surface area contributed by atoms with Crippen LogP contribution in [0.25, 0.3) is 0 Å². The maximum Gasteiger partial charge on any atom is 0.190 e. The highest BCUT2D eigenvalue weighted by atomic mass is 127. The molecule has 0 saturated heterocycles. The van der Waals surface area contributed by atoms with E-state index in [1.165, 1.54) is 6.07 Å². The Morgan fingerprint density at radius 2 is 1.95 bits per heavy atom. The van der Waals surface area contributed by atoms with Gasteiger partial charge in [-0.25, -0.2) is 4.39 Å². The molecule has 108 valence electrons. The number of guanidine groups is 1. The normalized spacial score (nSPS) is 11.1. The third kappa shape index (κ3) is 7.34. The Kier molecular flexibility index (Phi) is 9.55. The lowest BCUT2D eigenvalue weighted by Crippen LogP contribution is -2.39. The van der Waals surface area contributed by atoms with E-state index in [1.807, 2.05) is 6.07 Å². The zero-order valence-electron chi connectivity index (χ0n) is 11.7. The van der Waals surface area contributed by atoms with E-state index in [2.05, 4.69) is 29.5 Å². The molecule has 5 heteroatoms. The van der Waals surface area contributed by atoms with Gasteiger partial charge in [-0.05, 0) is 24.0 Å². The van der Waals surface area contributed by atoms with E-state index in [0.29, 0.717) is 18.9 Å². The van der Waals surface area contributed by atoms with Crippen molar-refractivity contribution in [3.05, 3.63) is 35.6 Å². The molecule has 0 aromatic heterocycles. The first-order valence-electron chi connectivity index (χ1n) is 6.31. The molecule has 0 amide bonds. The van der Waals surface area contributed by atoms with Crippen LogP contribution in [0.15, 0.2) is 29.3 Å². The molecular formula is C14H23FIN3. The number of benzene rings is 1. The monoisotopic (exact) mass is 379 g/mol. The van der Waals surface area contributed by atoms with E-state index in [0.717, 1.165) is 18.1 Å². The molecule has 1 rings (SSSR count). The van der Waals surface area contributed by atoms with Crippen molar-refractivity contribution in [1.29, 1.82) is 0 Å². The van der Waals surface area contributed by atoms with Crippen molar-refractivity contribution in [3.8, 4) is 0 Å². The molecule has 0 aliphatic heterocycles. The van der Waals surface area contributed by atoms with Gasteiger partial charge >= 0.3 is 0 Å². The minimum absolute atomic E-state index is 0. The van der Waals surface area contributed by atoms with Gasteiger partial charge in [-0.3, -0.25) is 4.99 Å². The standard InChI is InChI=1S/C14H22FN3.HI/c1-11(2)10-18-14(16-3)17-9-8-12-6-4-5-7-13(12)15;/h4-7,11H,8-10H2,1-3H3,(H2,16,17,18);1H. The van der Waals surface area contributed by atoms with Crippen LogP contribution in [-0.2, 0) is 6.42 Å². The fourth-order valence-electron chi connectivity index (χ4n) is 1.54. The second-order valence-electron chi connectivity index (χ2n) is 4.62. The first-order chi connectivity index (χ1) is 8.63. The summed E-state index contributed by atoms with van der Waals surface area (Å²) in [5.74, 6) is 1.18. The summed E-state index contributed by atoms with van der Waals surface area (Å²) in [7, 11) is 1.73. The summed E-state index contributed by atoms with van der Waals surface area (Å²) in [4.78, 5) is 4.11. The summed E-state index contributed by atoms with van der Waals surface area (Å²) in [6.45, 7) is 5.82. The van der Waals surface area contributed by atoms with E-state index in [4.69, 9.17) is 0 Å². The Labute approximate surface area is 132 Å². The summed E-state index contributed by atoms with van der Waals surface area (Å²) in [5.41, 5.74) is 0.726. The van der Waals surface area contributed by atoms with Crippen molar-refractivity contribution < 1.29 is 4.39 Å². The van der Waals surface area contributed by atoms with E-state index in [9.17, 15) is 4.39 Å². The fraction of sp³-hybridized carbons (Fsp3) is 0.500. The van der Waals surface area contributed by atoms with Crippen molar-refractivity contribution in [1.82, 2.24) is 10.6 Å². The van der Waals surface area contributed by atoms with Crippen LogP contribution in [0.3, 0.4) is 0 Å². The van der Waals surface area contributed by atoms with Crippen molar-refractivity contribution in [2.75, 3.05) is 20.1 Å². The van der Waals surface area contributed by atoms with Crippen LogP contribution in [0.2, 0.25) is 0 Å². The van der Waals surface area contributed by atoms with Gasteiger partial charge in [0, 0.05) is 20.1 Å². The van der Waals surface area contributed by atoms with Gasteiger partial charge in [0.05, 0.1) is 0 Å². The summed E-state index contributed by atoms with van der Waals surface area (Å²) in [6, 6.07) is 6.85. The Balaban J connectivity index is 0.00000324. The number of hydrogen-bond acceptors (Lipinski definition) is 1. The SMILES string of the molecule is CN=C(NCCc1ccccc1F)NCC(C)C.I. The van der Waals surface area contributed by atoms with Crippen LogP contribution in [0.5, 0.6) is 0 Å². The molecule has 0 saturated carbocycles. The molecule has 0 atom stereocenters. The van der Waals surface area contributed by atoms with Gasteiger partial charge in [0.15, 0.2) is 5.96 Å². The maximum atomic E-state index is 13.4. The first kappa shape index (κ1) is 18.1. The molecule has 3 nitrogen and oxygen atoms in total. The van der Waals surface area contributed by atoms with E-state index in [1.54, 1.807) is 19.2 Å². The fourth-order valence-corrected chi connectivity index (χ4v) is 1.54. The number of halogens is 2. The Bertz CT molecular complexity index is 394. The highest BCUT2D eigenvalue weighted by Gasteiger charge is 2.02. The van der Waals surface area contributed by atoms with Gasteiger partial charge in [0.25, 0.3) is 0 Å². The zero-order chi connectivity index (χ0) is 13.4. The first-order valence-corrected chi connectivity index (χ1v) is 6.31. The minimum Gasteiger partial charge on any atom is -0.356 e. The van der Waals surface area contributed by atoms with Gasteiger partial charge < -0.3 is 10.6 Å². The number of aliphatic imine (C=N–C) groups is 1. The topological polar surface area (TPSA) is 36.4 Å². The van der Waals surface area contributed by atoms with Gasteiger partial charge in [0.1, 0.15) is 5.82 Å². The molecule has 0 radical (unpaired) electrons. The van der Waals surface area contributed by atoms with Crippen LogP contribution in [-0.4, -0.2) is 26.1 Å². The predicted octanol–water partition coefficient (Wildman–Crippen LogP) is 2.81. The summed E-state index contributed by atoms with van der Waals surface area (Å²) in [6.07, 6.45) is 0.648.